The second kappa shape index (κ2) is 9.74. The molecule has 2 amide bonds. The van der Waals surface area contributed by atoms with Gasteiger partial charge in [0.15, 0.2) is 0 Å². The molecule has 0 aliphatic rings. The molecule has 5 heteroatoms. The van der Waals surface area contributed by atoms with Crippen molar-refractivity contribution >= 4 is 23.2 Å². The van der Waals surface area contributed by atoms with Gasteiger partial charge in [0.05, 0.1) is 6.61 Å². The van der Waals surface area contributed by atoms with Crippen molar-refractivity contribution in [2.75, 3.05) is 17.2 Å². The number of aryl methyl sites for hydroxylation is 1. The van der Waals surface area contributed by atoms with Crippen LogP contribution in [-0.2, 0) is 0 Å². The predicted octanol–water partition coefficient (Wildman–Crippen LogP) is 5.53. The van der Waals surface area contributed by atoms with Crippen molar-refractivity contribution in [3.05, 3.63) is 89.5 Å². The number of benzene rings is 3. The molecule has 0 heterocycles. The van der Waals surface area contributed by atoms with Crippen LogP contribution in [-0.4, -0.2) is 18.4 Å². The number of hydrogen-bond acceptors (Lipinski definition) is 3. The molecular weight excluding hydrogens is 376 g/mol. The van der Waals surface area contributed by atoms with Gasteiger partial charge in [0.25, 0.3) is 11.8 Å². The molecule has 0 saturated carbocycles. The van der Waals surface area contributed by atoms with Crippen LogP contribution in [0.5, 0.6) is 5.75 Å². The minimum Gasteiger partial charge on any atom is -0.493 e. The minimum absolute atomic E-state index is 0.235. The molecule has 3 aromatic rings. The highest BCUT2D eigenvalue weighted by atomic mass is 16.5. The fraction of sp³-hybridized carbons (Fsp3) is 0.200. The number of carbonyl (C=O) groups is 2. The summed E-state index contributed by atoms with van der Waals surface area (Å²) in [5.74, 6) is 0.556. The monoisotopic (exact) mass is 402 g/mol. The zero-order valence-electron chi connectivity index (χ0n) is 17.4. The fourth-order valence-corrected chi connectivity index (χ4v) is 2.86. The summed E-state index contributed by atoms with van der Waals surface area (Å²) in [6.45, 7) is 6.69. The van der Waals surface area contributed by atoms with E-state index in [4.69, 9.17) is 4.74 Å². The first-order valence-corrected chi connectivity index (χ1v) is 9.93. The van der Waals surface area contributed by atoms with Crippen LogP contribution in [0.3, 0.4) is 0 Å². The van der Waals surface area contributed by atoms with Crippen LogP contribution in [0.15, 0.2) is 72.8 Å². The highest BCUT2D eigenvalue weighted by Crippen LogP contribution is 2.18. The molecule has 0 bridgehead atoms. The molecule has 3 rings (SSSR count). The number of carbonyl (C=O) groups excluding carboxylic acids is 2. The van der Waals surface area contributed by atoms with Crippen molar-refractivity contribution in [2.45, 2.75) is 20.8 Å². The third kappa shape index (κ3) is 5.95. The molecule has 2 N–H and O–H groups in total. The molecule has 0 saturated heterocycles. The second-order valence-corrected chi connectivity index (χ2v) is 7.59. The first-order chi connectivity index (χ1) is 14.4. The van der Waals surface area contributed by atoms with Crippen LogP contribution in [0.25, 0.3) is 0 Å². The third-order valence-electron chi connectivity index (χ3n) is 4.34. The molecule has 0 fully saturated rings. The van der Waals surface area contributed by atoms with E-state index in [2.05, 4.69) is 24.5 Å². The van der Waals surface area contributed by atoms with E-state index < -0.39 is 0 Å². The van der Waals surface area contributed by atoms with E-state index in [0.717, 1.165) is 11.3 Å². The number of nitrogens with one attached hydrogen (secondary N) is 2. The quantitative estimate of drug-likeness (QED) is 0.546. The van der Waals surface area contributed by atoms with E-state index in [1.54, 1.807) is 42.5 Å². The number of rotatable bonds is 7. The summed E-state index contributed by atoms with van der Waals surface area (Å²) in [5.41, 5.74) is 3.29. The largest absolute Gasteiger partial charge is 0.493 e. The Bertz CT molecular complexity index is 1040. The summed E-state index contributed by atoms with van der Waals surface area (Å²) in [6.07, 6.45) is 0. The van der Waals surface area contributed by atoms with Crippen molar-refractivity contribution in [1.29, 1.82) is 0 Å². The van der Waals surface area contributed by atoms with E-state index in [1.807, 2.05) is 37.3 Å². The molecular formula is C25H26N2O3. The van der Waals surface area contributed by atoms with Crippen molar-refractivity contribution in [3.63, 3.8) is 0 Å². The zero-order valence-corrected chi connectivity index (χ0v) is 17.4. The Hall–Kier alpha value is -3.60. The lowest BCUT2D eigenvalue weighted by Crippen LogP contribution is -2.15. The Morgan fingerprint density at radius 1 is 0.800 bits per heavy atom. The third-order valence-corrected chi connectivity index (χ3v) is 4.34. The average Bonchev–Trinajstić information content (AvgIpc) is 2.72. The number of ether oxygens (including phenoxy) is 1. The van der Waals surface area contributed by atoms with Gasteiger partial charge in [-0.25, -0.2) is 0 Å². The van der Waals surface area contributed by atoms with Crippen LogP contribution in [0, 0.1) is 12.8 Å². The maximum absolute atomic E-state index is 12.6. The summed E-state index contributed by atoms with van der Waals surface area (Å²) in [4.78, 5) is 25.2. The highest BCUT2D eigenvalue weighted by molar-refractivity contribution is 6.07. The first kappa shape index (κ1) is 21.1. The number of amides is 2. The molecule has 0 atom stereocenters. The van der Waals surface area contributed by atoms with Gasteiger partial charge < -0.3 is 15.4 Å². The molecule has 0 aliphatic heterocycles. The van der Waals surface area contributed by atoms with Gasteiger partial charge in [0.2, 0.25) is 0 Å². The van der Waals surface area contributed by atoms with Gasteiger partial charge in [0, 0.05) is 22.5 Å². The standard InChI is InChI=1S/C25H26N2O3/c1-17(2)16-30-23-12-6-9-20(15-23)25(29)27-22-11-5-8-19(14-22)24(28)26-21-10-4-7-18(3)13-21/h4-15,17H,16H2,1-3H3,(H,26,28)(H,27,29). The van der Waals surface area contributed by atoms with Gasteiger partial charge in [-0.2, -0.15) is 0 Å². The average molecular weight is 402 g/mol. The van der Waals surface area contributed by atoms with Gasteiger partial charge in [-0.15, -0.1) is 0 Å². The van der Waals surface area contributed by atoms with Crippen LogP contribution in [0.2, 0.25) is 0 Å². The smallest absolute Gasteiger partial charge is 0.255 e. The van der Waals surface area contributed by atoms with Crippen LogP contribution in [0.4, 0.5) is 11.4 Å². The Morgan fingerprint density at radius 3 is 2.00 bits per heavy atom. The highest BCUT2D eigenvalue weighted by Gasteiger charge is 2.11. The first-order valence-electron chi connectivity index (χ1n) is 9.93. The van der Waals surface area contributed by atoms with Crippen molar-refractivity contribution < 1.29 is 14.3 Å². The van der Waals surface area contributed by atoms with Crippen LogP contribution < -0.4 is 15.4 Å². The summed E-state index contributed by atoms with van der Waals surface area (Å²) < 4.78 is 5.69. The molecule has 0 spiro atoms. The van der Waals surface area contributed by atoms with Gasteiger partial charge in [-0.3, -0.25) is 9.59 Å². The van der Waals surface area contributed by atoms with Crippen molar-refractivity contribution in [1.82, 2.24) is 0 Å². The van der Waals surface area contributed by atoms with E-state index in [0.29, 0.717) is 35.1 Å². The molecule has 0 unspecified atom stereocenters. The van der Waals surface area contributed by atoms with Crippen molar-refractivity contribution in [3.8, 4) is 5.75 Å². The lowest BCUT2D eigenvalue weighted by molar-refractivity contribution is 0.101. The lowest BCUT2D eigenvalue weighted by atomic mass is 10.1. The van der Waals surface area contributed by atoms with E-state index in [1.165, 1.54) is 0 Å². The summed E-state index contributed by atoms with van der Waals surface area (Å²) in [7, 11) is 0. The van der Waals surface area contributed by atoms with Crippen molar-refractivity contribution in [2.24, 2.45) is 5.92 Å². The molecule has 3 aromatic carbocycles. The van der Waals surface area contributed by atoms with Crippen LogP contribution >= 0.6 is 0 Å². The zero-order chi connectivity index (χ0) is 21.5. The Morgan fingerprint density at radius 2 is 1.37 bits per heavy atom. The molecule has 30 heavy (non-hydrogen) atoms. The molecule has 0 aliphatic carbocycles. The topological polar surface area (TPSA) is 67.4 Å². The summed E-state index contributed by atoms with van der Waals surface area (Å²) >= 11 is 0. The normalized spacial score (nSPS) is 10.5. The maximum Gasteiger partial charge on any atom is 0.255 e. The van der Waals surface area contributed by atoms with E-state index in [9.17, 15) is 9.59 Å². The lowest BCUT2D eigenvalue weighted by Gasteiger charge is -2.11. The second-order valence-electron chi connectivity index (χ2n) is 7.59. The SMILES string of the molecule is Cc1cccc(NC(=O)c2cccc(NC(=O)c3cccc(OCC(C)C)c3)c2)c1. The molecule has 0 radical (unpaired) electrons. The fourth-order valence-electron chi connectivity index (χ4n) is 2.86. The maximum atomic E-state index is 12.6. The summed E-state index contributed by atoms with van der Waals surface area (Å²) in [6, 6.07) is 21.5. The number of hydrogen-bond donors (Lipinski definition) is 2. The molecule has 0 aromatic heterocycles. The van der Waals surface area contributed by atoms with Gasteiger partial charge in [0.1, 0.15) is 5.75 Å². The van der Waals surface area contributed by atoms with Gasteiger partial charge in [-0.05, 0) is 66.9 Å². The van der Waals surface area contributed by atoms with Crippen LogP contribution in [0.1, 0.15) is 40.1 Å². The predicted molar refractivity (Wildman–Crippen MR) is 120 cm³/mol. The minimum atomic E-state index is -0.263. The molecule has 154 valence electrons. The molecule has 5 nitrogen and oxygen atoms in total. The van der Waals surface area contributed by atoms with E-state index in [-0.39, 0.29) is 11.8 Å². The summed E-state index contributed by atoms with van der Waals surface area (Å²) in [5, 5.41) is 5.72. The Balaban J connectivity index is 1.68. The number of anilines is 2. The Labute approximate surface area is 177 Å². The van der Waals surface area contributed by atoms with Gasteiger partial charge in [-0.1, -0.05) is 38.1 Å². The van der Waals surface area contributed by atoms with E-state index >= 15 is 0 Å². The Kier molecular flexibility index (Phi) is 6.86. The van der Waals surface area contributed by atoms with Gasteiger partial charge >= 0.3 is 0 Å².